The Morgan fingerprint density at radius 2 is 1.80 bits per heavy atom. The standard InChI is InChI=1S/C19H18N2O3S/c1-11(2)25-13-8-6-12(7-9-13)10-16(22)20-15-5-3-4-14-17(15)19(24)21-18(14)23/h3-9,11H,10H2,1-2H3,(H,20,22)(H,21,23,24). The van der Waals surface area contributed by atoms with Crippen molar-refractivity contribution in [3.8, 4) is 0 Å². The Morgan fingerprint density at radius 1 is 1.08 bits per heavy atom. The van der Waals surface area contributed by atoms with Gasteiger partial charge in [-0.25, -0.2) is 0 Å². The zero-order chi connectivity index (χ0) is 18.0. The summed E-state index contributed by atoms with van der Waals surface area (Å²) in [6.45, 7) is 4.26. The molecule has 1 heterocycles. The number of amides is 3. The smallest absolute Gasteiger partial charge is 0.261 e. The van der Waals surface area contributed by atoms with E-state index in [0.717, 1.165) is 10.5 Å². The largest absolute Gasteiger partial charge is 0.325 e. The minimum Gasteiger partial charge on any atom is -0.325 e. The summed E-state index contributed by atoms with van der Waals surface area (Å²) in [5.74, 6) is -1.15. The molecule has 1 aliphatic rings. The van der Waals surface area contributed by atoms with Gasteiger partial charge in [-0.2, -0.15) is 0 Å². The van der Waals surface area contributed by atoms with Crippen LogP contribution in [-0.4, -0.2) is 23.0 Å². The normalized spacial score (nSPS) is 12.9. The molecule has 5 nitrogen and oxygen atoms in total. The van der Waals surface area contributed by atoms with Crippen LogP contribution in [0.4, 0.5) is 5.69 Å². The van der Waals surface area contributed by atoms with Gasteiger partial charge in [-0.15, -0.1) is 11.8 Å². The van der Waals surface area contributed by atoms with Crippen LogP contribution < -0.4 is 10.6 Å². The molecule has 0 saturated carbocycles. The van der Waals surface area contributed by atoms with Crippen molar-refractivity contribution in [2.24, 2.45) is 0 Å². The lowest BCUT2D eigenvalue weighted by atomic mass is 10.1. The van der Waals surface area contributed by atoms with Gasteiger partial charge < -0.3 is 5.32 Å². The van der Waals surface area contributed by atoms with Crippen molar-refractivity contribution < 1.29 is 14.4 Å². The number of thioether (sulfide) groups is 1. The van der Waals surface area contributed by atoms with Gasteiger partial charge in [0.25, 0.3) is 11.8 Å². The highest BCUT2D eigenvalue weighted by atomic mass is 32.2. The second-order valence-electron chi connectivity index (χ2n) is 6.05. The molecule has 3 amide bonds. The molecule has 3 rings (SSSR count). The van der Waals surface area contributed by atoms with Crippen LogP contribution in [0.5, 0.6) is 0 Å². The number of carbonyl (C=O) groups excluding carboxylic acids is 3. The summed E-state index contributed by atoms with van der Waals surface area (Å²) in [4.78, 5) is 37.0. The maximum absolute atomic E-state index is 12.3. The number of carbonyl (C=O) groups is 3. The Balaban J connectivity index is 1.70. The molecule has 2 aromatic rings. The van der Waals surface area contributed by atoms with E-state index < -0.39 is 11.8 Å². The first kappa shape index (κ1) is 17.2. The van der Waals surface area contributed by atoms with Crippen LogP contribution in [0.3, 0.4) is 0 Å². The van der Waals surface area contributed by atoms with E-state index >= 15 is 0 Å². The van der Waals surface area contributed by atoms with Gasteiger partial charge in [0.2, 0.25) is 5.91 Å². The van der Waals surface area contributed by atoms with Crippen molar-refractivity contribution >= 4 is 35.2 Å². The highest BCUT2D eigenvalue weighted by Crippen LogP contribution is 2.25. The van der Waals surface area contributed by atoms with Gasteiger partial charge in [0.15, 0.2) is 0 Å². The van der Waals surface area contributed by atoms with Crippen molar-refractivity contribution in [2.75, 3.05) is 5.32 Å². The Kier molecular flexibility index (Phi) is 4.90. The average Bonchev–Trinajstić information content (AvgIpc) is 2.84. The number of nitrogens with one attached hydrogen (secondary N) is 2. The third kappa shape index (κ3) is 3.91. The molecule has 2 N–H and O–H groups in total. The number of imide groups is 1. The first-order valence-corrected chi connectivity index (χ1v) is 8.86. The van der Waals surface area contributed by atoms with E-state index in [0.29, 0.717) is 10.9 Å². The molecule has 1 aliphatic heterocycles. The Morgan fingerprint density at radius 3 is 2.48 bits per heavy atom. The summed E-state index contributed by atoms with van der Waals surface area (Å²) in [5, 5.41) is 5.47. The molecule has 128 valence electrons. The van der Waals surface area contributed by atoms with Crippen LogP contribution in [0.15, 0.2) is 47.4 Å². The first-order valence-electron chi connectivity index (χ1n) is 7.98. The number of hydrogen-bond donors (Lipinski definition) is 2. The third-order valence-electron chi connectivity index (χ3n) is 3.70. The van der Waals surface area contributed by atoms with Gasteiger partial charge in [0.1, 0.15) is 0 Å². The van der Waals surface area contributed by atoms with E-state index in [-0.39, 0.29) is 23.5 Å². The van der Waals surface area contributed by atoms with Gasteiger partial charge in [-0.3, -0.25) is 19.7 Å². The number of benzene rings is 2. The number of rotatable bonds is 5. The van der Waals surface area contributed by atoms with Crippen molar-refractivity contribution in [1.82, 2.24) is 5.32 Å². The minimum absolute atomic E-state index is 0.200. The summed E-state index contributed by atoms with van der Waals surface area (Å²) in [6, 6.07) is 12.7. The highest BCUT2D eigenvalue weighted by molar-refractivity contribution is 7.99. The maximum atomic E-state index is 12.3. The van der Waals surface area contributed by atoms with Crippen molar-refractivity contribution in [3.63, 3.8) is 0 Å². The number of fused-ring (bicyclic) bond motifs is 1. The molecule has 6 heteroatoms. The maximum Gasteiger partial charge on any atom is 0.261 e. The second kappa shape index (κ2) is 7.11. The first-order chi connectivity index (χ1) is 11.9. The van der Waals surface area contributed by atoms with Gasteiger partial charge in [0.05, 0.1) is 23.2 Å². The van der Waals surface area contributed by atoms with Gasteiger partial charge in [-0.1, -0.05) is 32.0 Å². The lowest BCUT2D eigenvalue weighted by Gasteiger charge is -2.09. The molecule has 0 atom stereocenters. The Bertz CT molecular complexity index is 844. The van der Waals surface area contributed by atoms with Crippen LogP contribution in [0.1, 0.15) is 40.1 Å². The van der Waals surface area contributed by atoms with Crippen molar-refractivity contribution in [1.29, 1.82) is 0 Å². The summed E-state index contributed by atoms with van der Waals surface area (Å²) < 4.78 is 0. The molecule has 2 aromatic carbocycles. The van der Waals surface area contributed by atoms with Crippen LogP contribution in [0.2, 0.25) is 0 Å². The zero-order valence-corrected chi connectivity index (χ0v) is 14.8. The molecule has 0 saturated heterocycles. The SMILES string of the molecule is CC(C)Sc1ccc(CC(=O)Nc2cccc3c2C(=O)NC3=O)cc1. The van der Waals surface area contributed by atoms with E-state index in [9.17, 15) is 14.4 Å². The third-order valence-corrected chi connectivity index (χ3v) is 4.71. The molecular weight excluding hydrogens is 336 g/mol. The molecule has 0 aliphatic carbocycles. The van der Waals surface area contributed by atoms with Crippen LogP contribution >= 0.6 is 11.8 Å². The fraction of sp³-hybridized carbons (Fsp3) is 0.211. The van der Waals surface area contributed by atoms with Crippen LogP contribution in [0, 0.1) is 0 Å². The molecule has 0 bridgehead atoms. The molecule has 0 unspecified atom stereocenters. The zero-order valence-electron chi connectivity index (χ0n) is 14.0. The molecule has 0 aromatic heterocycles. The van der Waals surface area contributed by atoms with E-state index in [1.165, 1.54) is 0 Å². The van der Waals surface area contributed by atoms with Gasteiger partial charge in [-0.05, 0) is 29.8 Å². The molecule has 0 spiro atoms. The Hall–Kier alpha value is -2.60. The van der Waals surface area contributed by atoms with E-state index in [1.54, 1.807) is 30.0 Å². The monoisotopic (exact) mass is 354 g/mol. The topological polar surface area (TPSA) is 75.3 Å². The summed E-state index contributed by atoms with van der Waals surface area (Å²) in [6.07, 6.45) is 0.200. The fourth-order valence-corrected chi connectivity index (χ4v) is 3.50. The lowest BCUT2D eigenvalue weighted by Crippen LogP contribution is -2.21. The molecule has 0 radical (unpaired) electrons. The number of hydrogen-bond acceptors (Lipinski definition) is 4. The van der Waals surface area contributed by atoms with Crippen molar-refractivity contribution in [2.45, 2.75) is 30.4 Å². The lowest BCUT2D eigenvalue weighted by molar-refractivity contribution is -0.115. The number of anilines is 1. The summed E-state index contributed by atoms with van der Waals surface area (Å²) >= 11 is 1.77. The van der Waals surface area contributed by atoms with Crippen LogP contribution in [-0.2, 0) is 11.2 Å². The molecule has 0 fully saturated rings. The predicted molar refractivity (Wildman–Crippen MR) is 98.0 cm³/mol. The summed E-state index contributed by atoms with van der Waals surface area (Å²) in [5.41, 5.74) is 1.76. The highest BCUT2D eigenvalue weighted by Gasteiger charge is 2.29. The predicted octanol–water partition coefficient (Wildman–Crippen LogP) is 3.25. The summed E-state index contributed by atoms with van der Waals surface area (Å²) in [7, 11) is 0. The van der Waals surface area contributed by atoms with E-state index in [4.69, 9.17) is 0 Å². The van der Waals surface area contributed by atoms with Gasteiger partial charge in [0, 0.05) is 10.1 Å². The van der Waals surface area contributed by atoms with E-state index in [2.05, 4.69) is 24.5 Å². The second-order valence-corrected chi connectivity index (χ2v) is 7.70. The quantitative estimate of drug-likeness (QED) is 0.638. The minimum atomic E-state index is -0.481. The Labute approximate surface area is 150 Å². The molecule has 25 heavy (non-hydrogen) atoms. The average molecular weight is 354 g/mol. The van der Waals surface area contributed by atoms with Gasteiger partial charge >= 0.3 is 0 Å². The van der Waals surface area contributed by atoms with E-state index in [1.807, 2.05) is 24.3 Å². The molecular formula is C19H18N2O3S. The fourth-order valence-electron chi connectivity index (χ4n) is 2.66. The van der Waals surface area contributed by atoms with Crippen molar-refractivity contribution in [3.05, 3.63) is 59.2 Å². The van der Waals surface area contributed by atoms with Crippen LogP contribution in [0.25, 0.3) is 0 Å².